The molecule has 0 saturated carbocycles. The van der Waals surface area contributed by atoms with Gasteiger partial charge < -0.3 is 10.6 Å². The first kappa shape index (κ1) is 23.9. The smallest absolute Gasteiger partial charge is 0.243 e. The summed E-state index contributed by atoms with van der Waals surface area (Å²) < 4.78 is 28.2. The maximum Gasteiger partial charge on any atom is 0.243 e. The molecular weight excluding hydrogens is 432 g/mol. The van der Waals surface area contributed by atoms with Crippen LogP contribution in [0.1, 0.15) is 50.3 Å². The molecule has 2 aliphatic rings. The molecule has 2 aromatic rings. The number of amidine groups is 1. The zero-order valence-electron chi connectivity index (χ0n) is 20.2. The van der Waals surface area contributed by atoms with Crippen LogP contribution in [-0.2, 0) is 22.0 Å². The van der Waals surface area contributed by atoms with Crippen LogP contribution in [0.2, 0.25) is 0 Å². The van der Waals surface area contributed by atoms with Crippen LogP contribution in [0.4, 0.5) is 0 Å². The minimum Gasteiger partial charge on any atom is -0.368 e. The van der Waals surface area contributed by atoms with Crippen LogP contribution in [0.5, 0.6) is 0 Å². The van der Waals surface area contributed by atoms with E-state index in [1.807, 2.05) is 18.2 Å². The van der Waals surface area contributed by atoms with E-state index in [0.29, 0.717) is 30.8 Å². The van der Waals surface area contributed by atoms with Crippen LogP contribution in [0, 0.1) is 6.92 Å². The third kappa shape index (κ3) is 5.00. The average molecular weight is 469 g/mol. The van der Waals surface area contributed by atoms with E-state index >= 15 is 0 Å². The highest BCUT2D eigenvalue weighted by Crippen LogP contribution is 2.30. The van der Waals surface area contributed by atoms with E-state index in [-0.39, 0.29) is 11.0 Å². The van der Waals surface area contributed by atoms with Crippen molar-refractivity contribution in [1.29, 1.82) is 0 Å². The van der Waals surface area contributed by atoms with Gasteiger partial charge in [-0.3, -0.25) is 4.99 Å². The number of aliphatic imine (C=N–C) groups is 1. The molecule has 178 valence electrons. The van der Waals surface area contributed by atoms with Crippen molar-refractivity contribution in [3.05, 3.63) is 65.2 Å². The Labute approximate surface area is 198 Å². The fourth-order valence-corrected chi connectivity index (χ4v) is 6.15. The van der Waals surface area contributed by atoms with Gasteiger partial charge in [0.05, 0.1) is 17.0 Å². The third-order valence-corrected chi connectivity index (χ3v) is 8.85. The number of piperidine rings is 1. The molecule has 0 unspecified atom stereocenters. The van der Waals surface area contributed by atoms with Gasteiger partial charge in [-0.1, -0.05) is 57.2 Å². The molecule has 0 aliphatic carbocycles. The van der Waals surface area contributed by atoms with Crippen molar-refractivity contribution in [1.82, 2.24) is 14.9 Å². The molecule has 4 rings (SSSR count). The zero-order chi connectivity index (χ0) is 23.7. The van der Waals surface area contributed by atoms with Gasteiger partial charge in [-0.2, -0.15) is 4.31 Å². The lowest BCUT2D eigenvalue weighted by atomic mass is 9.85. The Morgan fingerprint density at radius 1 is 1.06 bits per heavy atom. The molecule has 33 heavy (non-hydrogen) atoms. The summed E-state index contributed by atoms with van der Waals surface area (Å²) in [6, 6.07) is 15.7. The van der Waals surface area contributed by atoms with Gasteiger partial charge in [0.15, 0.2) is 0 Å². The molecule has 1 saturated heterocycles. The zero-order valence-corrected chi connectivity index (χ0v) is 21.0. The van der Waals surface area contributed by atoms with Gasteiger partial charge in [0.25, 0.3) is 0 Å². The van der Waals surface area contributed by atoms with Crippen LogP contribution in [-0.4, -0.2) is 50.3 Å². The lowest BCUT2D eigenvalue weighted by Crippen LogP contribution is -2.64. The molecule has 0 amide bonds. The molecule has 6 nitrogen and oxygen atoms in total. The Morgan fingerprint density at radius 2 is 1.73 bits per heavy atom. The number of nitrogens with one attached hydrogen (secondary N) is 2. The van der Waals surface area contributed by atoms with Crippen molar-refractivity contribution in [3.8, 4) is 0 Å². The topological polar surface area (TPSA) is 73.8 Å². The highest BCUT2D eigenvalue weighted by Gasteiger charge is 2.43. The molecule has 1 fully saturated rings. The second-order valence-corrected chi connectivity index (χ2v) is 12.1. The predicted octanol–water partition coefficient (Wildman–Crippen LogP) is 3.61. The lowest BCUT2D eigenvalue weighted by Gasteiger charge is -2.44. The number of benzene rings is 2. The van der Waals surface area contributed by atoms with Crippen molar-refractivity contribution in [2.24, 2.45) is 4.99 Å². The minimum atomic E-state index is -3.51. The summed E-state index contributed by atoms with van der Waals surface area (Å²) in [5.74, 6) is 0.962. The van der Waals surface area contributed by atoms with Crippen molar-refractivity contribution in [2.75, 3.05) is 26.2 Å². The van der Waals surface area contributed by atoms with Gasteiger partial charge in [-0.25, -0.2) is 8.42 Å². The summed E-state index contributed by atoms with van der Waals surface area (Å²) >= 11 is 0. The maximum absolute atomic E-state index is 13.3. The van der Waals surface area contributed by atoms with Gasteiger partial charge in [0.2, 0.25) is 10.0 Å². The standard InChI is InChI=1S/C26H36N4O2S/c1-20-7-5-6-8-21(20)19-28-24-26(29-16-15-27-24)13-17-30(18-14-26)33(31,32)23-11-9-22(10-12-23)25(2,3)4/h5-12,29H,13-19H2,1-4H3,(H,27,28). The number of aryl methyl sites for hydroxylation is 1. The van der Waals surface area contributed by atoms with Crippen molar-refractivity contribution >= 4 is 15.9 Å². The molecule has 0 atom stereocenters. The van der Waals surface area contributed by atoms with E-state index in [9.17, 15) is 8.42 Å². The lowest BCUT2D eigenvalue weighted by molar-refractivity contribution is 0.241. The van der Waals surface area contributed by atoms with E-state index in [2.05, 4.69) is 56.5 Å². The van der Waals surface area contributed by atoms with E-state index in [4.69, 9.17) is 4.99 Å². The minimum absolute atomic E-state index is 0.00647. The molecule has 1 spiro atoms. The average Bonchev–Trinajstić information content (AvgIpc) is 2.79. The molecule has 2 N–H and O–H groups in total. The van der Waals surface area contributed by atoms with Crippen LogP contribution < -0.4 is 10.6 Å². The molecular formula is C26H36N4O2S. The highest BCUT2D eigenvalue weighted by molar-refractivity contribution is 7.89. The number of sulfonamides is 1. The summed E-state index contributed by atoms with van der Waals surface area (Å²) in [6.07, 6.45) is 1.40. The first-order valence-corrected chi connectivity index (χ1v) is 13.2. The van der Waals surface area contributed by atoms with Crippen molar-refractivity contribution in [2.45, 2.75) is 62.9 Å². The second kappa shape index (κ2) is 9.20. The Bertz CT molecular complexity index is 1110. The molecule has 2 heterocycles. The largest absolute Gasteiger partial charge is 0.368 e. The number of hydrogen-bond acceptors (Lipinski definition) is 5. The van der Waals surface area contributed by atoms with Gasteiger partial charge in [-0.15, -0.1) is 0 Å². The Balaban J connectivity index is 1.45. The van der Waals surface area contributed by atoms with Gasteiger partial charge >= 0.3 is 0 Å². The van der Waals surface area contributed by atoms with Gasteiger partial charge in [-0.05, 0) is 54.0 Å². The second-order valence-electron chi connectivity index (χ2n) is 10.2. The SMILES string of the molecule is Cc1ccccc1CNC1=NCCNC12CCN(S(=O)(=O)c1ccc(C(C)(C)C)cc1)CC2. The number of hydrogen-bond donors (Lipinski definition) is 2. The quantitative estimate of drug-likeness (QED) is 0.719. The molecule has 0 radical (unpaired) electrons. The molecule has 2 aliphatic heterocycles. The fraction of sp³-hybridized carbons (Fsp3) is 0.500. The Hall–Kier alpha value is -2.22. The van der Waals surface area contributed by atoms with E-state index in [1.54, 1.807) is 16.4 Å². The monoisotopic (exact) mass is 468 g/mol. The first-order chi connectivity index (χ1) is 15.6. The Kier molecular flexibility index (Phi) is 6.67. The van der Waals surface area contributed by atoms with Crippen molar-refractivity contribution < 1.29 is 8.42 Å². The molecule has 7 heteroatoms. The van der Waals surface area contributed by atoms with E-state index < -0.39 is 10.0 Å². The van der Waals surface area contributed by atoms with E-state index in [0.717, 1.165) is 31.0 Å². The number of nitrogens with zero attached hydrogens (tertiary/aromatic N) is 2. The van der Waals surface area contributed by atoms with Gasteiger partial charge in [0, 0.05) is 26.2 Å². The predicted molar refractivity (Wildman–Crippen MR) is 134 cm³/mol. The number of rotatable bonds is 4. The maximum atomic E-state index is 13.3. The fourth-order valence-electron chi connectivity index (χ4n) is 4.71. The van der Waals surface area contributed by atoms with Gasteiger partial charge in [0.1, 0.15) is 5.84 Å². The summed E-state index contributed by atoms with van der Waals surface area (Å²) in [5.41, 5.74) is 3.34. The highest BCUT2D eigenvalue weighted by atomic mass is 32.2. The molecule has 0 aromatic heterocycles. The molecule has 0 bridgehead atoms. The van der Waals surface area contributed by atoms with E-state index in [1.165, 1.54) is 11.1 Å². The summed E-state index contributed by atoms with van der Waals surface area (Å²) in [5, 5.41) is 7.22. The van der Waals surface area contributed by atoms with Crippen LogP contribution >= 0.6 is 0 Å². The van der Waals surface area contributed by atoms with Crippen molar-refractivity contribution in [3.63, 3.8) is 0 Å². The first-order valence-electron chi connectivity index (χ1n) is 11.8. The Morgan fingerprint density at radius 3 is 2.36 bits per heavy atom. The van der Waals surface area contributed by atoms with Crippen LogP contribution in [0.15, 0.2) is 58.4 Å². The molecule has 2 aromatic carbocycles. The summed E-state index contributed by atoms with van der Waals surface area (Å²) in [4.78, 5) is 5.17. The summed E-state index contributed by atoms with van der Waals surface area (Å²) in [6.45, 7) is 11.7. The normalized spacial score (nSPS) is 19.3. The third-order valence-electron chi connectivity index (χ3n) is 6.94. The van der Waals surface area contributed by atoms with Crippen LogP contribution in [0.25, 0.3) is 0 Å². The van der Waals surface area contributed by atoms with Crippen LogP contribution in [0.3, 0.4) is 0 Å². The summed E-state index contributed by atoms with van der Waals surface area (Å²) in [7, 11) is -3.51.